The van der Waals surface area contributed by atoms with Crippen molar-refractivity contribution in [3.05, 3.63) is 30.1 Å². The van der Waals surface area contributed by atoms with E-state index in [1.165, 1.54) is 24.2 Å². The van der Waals surface area contributed by atoms with Crippen LogP contribution in [0.25, 0.3) is 11.0 Å². The number of fused-ring (bicyclic) bond motifs is 1. The number of benzene rings is 1. The van der Waals surface area contributed by atoms with E-state index in [-0.39, 0.29) is 0 Å². The van der Waals surface area contributed by atoms with Gasteiger partial charge in [-0.2, -0.15) is 0 Å². The lowest BCUT2D eigenvalue weighted by atomic mass is 10.1. The summed E-state index contributed by atoms with van der Waals surface area (Å²) in [4.78, 5) is 4.75. The van der Waals surface area contributed by atoms with Crippen LogP contribution < -0.4 is 5.32 Å². The van der Waals surface area contributed by atoms with Crippen molar-refractivity contribution in [2.24, 2.45) is 0 Å². The zero-order chi connectivity index (χ0) is 11.7. The minimum absolute atomic E-state index is 0.624. The molecule has 0 saturated carbocycles. The first-order chi connectivity index (χ1) is 8.40. The van der Waals surface area contributed by atoms with Crippen molar-refractivity contribution in [2.45, 2.75) is 32.2 Å². The number of aryl methyl sites for hydroxylation is 1. The van der Waals surface area contributed by atoms with Gasteiger partial charge < -0.3 is 9.88 Å². The Morgan fingerprint density at radius 2 is 2.06 bits per heavy atom. The molecule has 0 aliphatic carbocycles. The molecule has 0 atom stereocenters. The van der Waals surface area contributed by atoms with Crippen LogP contribution in [0.5, 0.6) is 0 Å². The monoisotopic (exact) mass is 229 g/mol. The van der Waals surface area contributed by atoms with Gasteiger partial charge in [0.25, 0.3) is 0 Å². The molecule has 0 unspecified atom stereocenters. The number of piperidine rings is 1. The standard InChI is InChI=1S/C14H19N3/c1-2-14-16-12-5-3-4-6-13(12)17(14)11-7-9-15-10-8-11/h3-6,11,15H,2,7-10H2,1H3. The van der Waals surface area contributed by atoms with Gasteiger partial charge in [0.1, 0.15) is 5.82 Å². The van der Waals surface area contributed by atoms with Crippen molar-refractivity contribution in [1.29, 1.82) is 0 Å². The molecule has 3 rings (SSSR count). The summed E-state index contributed by atoms with van der Waals surface area (Å²) in [6.07, 6.45) is 3.44. The van der Waals surface area contributed by atoms with E-state index in [0.29, 0.717) is 6.04 Å². The molecule has 2 aromatic rings. The number of para-hydroxylation sites is 2. The Morgan fingerprint density at radius 3 is 2.82 bits per heavy atom. The first kappa shape index (κ1) is 10.8. The summed E-state index contributed by atoms with van der Waals surface area (Å²) in [5.41, 5.74) is 2.44. The van der Waals surface area contributed by atoms with Crippen LogP contribution in [0.2, 0.25) is 0 Å². The topological polar surface area (TPSA) is 29.9 Å². The summed E-state index contributed by atoms with van der Waals surface area (Å²) in [5.74, 6) is 1.23. The zero-order valence-corrected chi connectivity index (χ0v) is 10.3. The zero-order valence-electron chi connectivity index (χ0n) is 10.3. The Bertz CT molecular complexity index is 509. The highest BCUT2D eigenvalue weighted by Crippen LogP contribution is 2.26. The van der Waals surface area contributed by atoms with Gasteiger partial charge in [0.15, 0.2) is 0 Å². The molecule has 90 valence electrons. The molecule has 1 aromatic heterocycles. The molecule has 0 spiro atoms. The van der Waals surface area contributed by atoms with Gasteiger partial charge in [-0.25, -0.2) is 4.98 Å². The highest BCUT2D eigenvalue weighted by Gasteiger charge is 2.19. The number of hydrogen-bond donors (Lipinski definition) is 1. The Labute approximate surface area is 102 Å². The SMILES string of the molecule is CCc1nc2ccccc2n1C1CCNCC1. The van der Waals surface area contributed by atoms with Gasteiger partial charge in [-0.3, -0.25) is 0 Å². The largest absolute Gasteiger partial charge is 0.325 e. The lowest BCUT2D eigenvalue weighted by Gasteiger charge is -2.26. The van der Waals surface area contributed by atoms with Crippen LogP contribution in [-0.2, 0) is 6.42 Å². The molecular weight excluding hydrogens is 210 g/mol. The molecule has 3 nitrogen and oxygen atoms in total. The van der Waals surface area contributed by atoms with Crippen molar-refractivity contribution in [3.8, 4) is 0 Å². The predicted molar refractivity (Wildman–Crippen MR) is 70.3 cm³/mol. The quantitative estimate of drug-likeness (QED) is 0.857. The van der Waals surface area contributed by atoms with E-state index in [1.807, 2.05) is 0 Å². The first-order valence-corrected chi connectivity index (χ1v) is 6.56. The summed E-state index contributed by atoms with van der Waals surface area (Å²) in [7, 11) is 0. The Hall–Kier alpha value is -1.35. The third kappa shape index (κ3) is 1.84. The summed E-state index contributed by atoms with van der Waals surface area (Å²) >= 11 is 0. The van der Waals surface area contributed by atoms with Gasteiger partial charge in [0.2, 0.25) is 0 Å². The van der Waals surface area contributed by atoms with Crippen molar-refractivity contribution < 1.29 is 0 Å². The van der Waals surface area contributed by atoms with Crippen molar-refractivity contribution in [3.63, 3.8) is 0 Å². The molecule has 0 bridgehead atoms. The van der Waals surface area contributed by atoms with E-state index in [2.05, 4.69) is 41.1 Å². The number of nitrogens with one attached hydrogen (secondary N) is 1. The smallest absolute Gasteiger partial charge is 0.109 e. The number of aromatic nitrogens is 2. The first-order valence-electron chi connectivity index (χ1n) is 6.56. The van der Waals surface area contributed by atoms with Crippen molar-refractivity contribution >= 4 is 11.0 Å². The molecule has 17 heavy (non-hydrogen) atoms. The molecule has 2 heterocycles. The minimum atomic E-state index is 0.624. The number of hydrogen-bond acceptors (Lipinski definition) is 2. The molecule has 3 heteroatoms. The number of rotatable bonds is 2. The van der Waals surface area contributed by atoms with E-state index in [4.69, 9.17) is 4.98 Å². The number of nitrogens with zero attached hydrogens (tertiary/aromatic N) is 2. The summed E-state index contributed by atoms with van der Waals surface area (Å²) in [5, 5.41) is 3.43. The molecule has 0 radical (unpaired) electrons. The average molecular weight is 229 g/mol. The van der Waals surface area contributed by atoms with Crippen LogP contribution in [0.1, 0.15) is 31.6 Å². The lowest BCUT2D eigenvalue weighted by Crippen LogP contribution is -2.30. The average Bonchev–Trinajstić information content (AvgIpc) is 2.78. The fraction of sp³-hybridized carbons (Fsp3) is 0.500. The van der Waals surface area contributed by atoms with Gasteiger partial charge in [-0.1, -0.05) is 19.1 Å². The highest BCUT2D eigenvalue weighted by atomic mass is 15.1. The van der Waals surface area contributed by atoms with Crippen LogP contribution in [0.3, 0.4) is 0 Å². The van der Waals surface area contributed by atoms with Gasteiger partial charge in [0, 0.05) is 12.5 Å². The molecule has 1 fully saturated rings. The Kier molecular flexibility index (Phi) is 2.85. The van der Waals surface area contributed by atoms with E-state index < -0.39 is 0 Å². The third-order valence-electron chi connectivity index (χ3n) is 3.66. The highest BCUT2D eigenvalue weighted by molar-refractivity contribution is 5.76. The van der Waals surface area contributed by atoms with Crippen LogP contribution in [0.4, 0.5) is 0 Å². The second-order valence-corrected chi connectivity index (χ2v) is 4.72. The Morgan fingerprint density at radius 1 is 1.29 bits per heavy atom. The van der Waals surface area contributed by atoms with E-state index >= 15 is 0 Å². The summed E-state index contributed by atoms with van der Waals surface area (Å²) in [6, 6.07) is 9.12. The van der Waals surface area contributed by atoms with Crippen LogP contribution >= 0.6 is 0 Å². The molecule has 1 aromatic carbocycles. The van der Waals surface area contributed by atoms with Crippen molar-refractivity contribution in [2.75, 3.05) is 13.1 Å². The normalized spacial score (nSPS) is 17.7. The van der Waals surface area contributed by atoms with E-state index in [0.717, 1.165) is 25.0 Å². The summed E-state index contributed by atoms with van der Waals surface area (Å²) in [6.45, 7) is 4.44. The number of imidazole rings is 1. The minimum Gasteiger partial charge on any atom is -0.325 e. The molecule has 0 amide bonds. The van der Waals surface area contributed by atoms with Crippen LogP contribution in [-0.4, -0.2) is 22.6 Å². The molecule has 1 aliphatic heterocycles. The third-order valence-corrected chi connectivity index (χ3v) is 3.66. The maximum absolute atomic E-state index is 4.75. The van der Waals surface area contributed by atoms with Gasteiger partial charge in [-0.15, -0.1) is 0 Å². The second-order valence-electron chi connectivity index (χ2n) is 4.72. The maximum atomic E-state index is 4.75. The van der Waals surface area contributed by atoms with Crippen LogP contribution in [0.15, 0.2) is 24.3 Å². The van der Waals surface area contributed by atoms with Crippen LogP contribution in [0, 0.1) is 0 Å². The predicted octanol–water partition coefficient (Wildman–Crippen LogP) is 2.52. The Balaban J connectivity index is 2.11. The van der Waals surface area contributed by atoms with E-state index in [1.54, 1.807) is 0 Å². The molecule has 1 saturated heterocycles. The lowest BCUT2D eigenvalue weighted by molar-refractivity contribution is 0.367. The molecule has 1 aliphatic rings. The fourth-order valence-electron chi connectivity index (χ4n) is 2.82. The summed E-state index contributed by atoms with van der Waals surface area (Å²) < 4.78 is 2.47. The van der Waals surface area contributed by atoms with Gasteiger partial charge in [0.05, 0.1) is 11.0 Å². The second kappa shape index (κ2) is 4.49. The van der Waals surface area contributed by atoms with E-state index in [9.17, 15) is 0 Å². The molecular formula is C14H19N3. The fourth-order valence-corrected chi connectivity index (χ4v) is 2.82. The maximum Gasteiger partial charge on any atom is 0.109 e. The van der Waals surface area contributed by atoms with Gasteiger partial charge >= 0.3 is 0 Å². The molecule has 1 N–H and O–H groups in total. The van der Waals surface area contributed by atoms with Crippen molar-refractivity contribution in [1.82, 2.24) is 14.9 Å². The van der Waals surface area contributed by atoms with Gasteiger partial charge in [-0.05, 0) is 38.1 Å².